The normalized spacial score (nSPS) is 12.3. The van der Waals surface area contributed by atoms with E-state index in [2.05, 4.69) is 25.9 Å². The largest absolute Gasteiger partial charge is 0.439 e. The predicted octanol–water partition coefficient (Wildman–Crippen LogP) is 4.12. The van der Waals surface area contributed by atoms with E-state index in [-0.39, 0.29) is 0 Å². The molecule has 0 spiro atoms. The molecule has 25 heavy (non-hydrogen) atoms. The summed E-state index contributed by atoms with van der Waals surface area (Å²) in [6.45, 7) is 8.77. The van der Waals surface area contributed by atoms with Crippen LogP contribution >= 0.6 is 0 Å². The first kappa shape index (κ1) is 23.3. The van der Waals surface area contributed by atoms with Gasteiger partial charge in [0.05, 0.1) is 0 Å². The molecular formula is C16H28N2O6S. The van der Waals surface area contributed by atoms with Crippen molar-refractivity contribution < 1.29 is 27.1 Å². The summed E-state index contributed by atoms with van der Waals surface area (Å²) < 4.78 is 38.2. The van der Waals surface area contributed by atoms with Crippen LogP contribution in [0.3, 0.4) is 0 Å². The lowest BCUT2D eigenvalue weighted by Gasteiger charge is -2.17. The van der Waals surface area contributed by atoms with E-state index in [0.29, 0.717) is 5.41 Å². The molecule has 0 aromatic carbocycles. The Kier molecular flexibility index (Phi) is 10.3. The highest BCUT2D eigenvalue weighted by molar-refractivity contribution is 7.79. The highest BCUT2D eigenvalue weighted by Crippen LogP contribution is 2.23. The number of nitrogens with zero attached hydrogens (tertiary/aromatic N) is 2. The second-order valence-corrected chi connectivity index (χ2v) is 7.51. The molecule has 0 radical (unpaired) electrons. The van der Waals surface area contributed by atoms with E-state index in [1.807, 2.05) is 13.0 Å². The Morgan fingerprint density at radius 2 is 1.88 bits per heavy atom. The summed E-state index contributed by atoms with van der Waals surface area (Å²) in [5, 5.41) is 3.87. The lowest BCUT2D eigenvalue weighted by Crippen LogP contribution is -2.14. The molecule has 144 valence electrons. The van der Waals surface area contributed by atoms with E-state index < -0.39 is 16.5 Å². The fourth-order valence-electron chi connectivity index (χ4n) is 1.91. The van der Waals surface area contributed by atoms with Gasteiger partial charge < -0.3 is 4.74 Å². The number of hydrogen-bond donors (Lipinski definition) is 2. The van der Waals surface area contributed by atoms with Gasteiger partial charge in [0, 0.05) is 18.8 Å². The quantitative estimate of drug-likeness (QED) is 0.435. The first-order valence-electron chi connectivity index (χ1n) is 8.03. The van der Waals surface area contributed by atoms with Gasteiger partial charge in [0.1, 0.15) is 5.76 Å². The first-order chi connectivity index (χ1) is 11.4. The molecular weight excluding hydrogens is 348 g/mol. The molecule has 2 N–H and O–H groups in total. The van der Waals surface area contributed by atoms with Crippen LogP contribution in [-0.2, 0) is 15.1 Å². The van der Waals surface area contributed by atoms with Gasteiger partial charge in [-0.3, -0.25) is 9.11 Å². The summed E-state index contributed by atoms with van der Waals surface area (Å²) in [6, 6.07) is 1.70. The molecule has 1 aromatic heterocycles. The minimum atomic E-state index is -4.67. The third-order valence-electron chi connectivity index (χ3n) is 2.94. The fraction of sp³-hybridized carbons (Fsp3) is 0.625. The minimum absolute atomic E-state index is 0.361. The monoisotopic (exact) mass is 376 g/mol. The second-order valence-electron chi connectivity index (χ2n) is 6.61. The lowest BCUT2D eigenvalue weighted by molar-refractivity contribution is 0.169. The Labute approximate surface area is 149 Å². The van der Waals surface area contributed by atoms with Gasteiger partial charge in [-0.05, 0) is 36.8 Å². The summed E-state index contributed by atoms with van der Waals surface area (Å²) in [7, 11) is -4.67. The van der Waals surface area contributed by atoms with Crippen molar-refractivity contribution in [1.82, 2.24) is 9.78 Å². The zero-order valence-corrected chi connectivity index (χ0v) is 16.0. The highest BCUT2D eigenvalue weighted by atomic mass is 32.3. The van der Waals surface area contributed by atoms with E-state index in [0.717, 1.165) is 31.4 Å². The van der Waals surface area contributed by atoms with Crippen molar-refractivity contribution in [2.75, 3.05) is 0 Å². The van der Waals surface area contributed by atoms with Gasteiger partial charge in [-0.2, -0.15) is 18.2 Å². The van der Waals surface area contributed by atoms with Crippen molar-refractivity contribution >= 4 is 16.5 Å². The molecule has 9 heteroatoms. The molecule has 0 bridgehead atoms. The van der Waals surface area contributed by atoms with E-state index >= 15 is 0 Å². The van der Waals surface area contributed by atoms with E-state index in [1.165, 1.54) is 11.1 Å². The Balaban J connectivity index is 0.00000101. The summed E-state index contributed by atoms with van der Waals surface area (Å²) in [5.41, 5.74) is 0.361. The van der Waals surface area contributed by atoms with Crippen LogP contribution in [0.2, 0.25) is 0 Å². The van der Waals surface area contributed by atoms with Crippen LogP contribution in [0.1, 0.15) is 59.8 Å². The van der Waals surface area contributed by atoms with Crippen molar-refractivity contribution in [2.24, 2.45) is 5.41 Å². The fourth-order valence-corrected chi connectivity index (χ4v) is 1.91. The number of ether oxygens (including phenoxy) is 1. The molecule has 0 aliphatic heterocycles. The Morgan fingerprint density at radius 1 is 1.28 bits per heavy atom. The summed E-state index contributed by atoms with van der Waals surface area (Å²) >= 11 is 0. The van der Waals surface area contributed by atoms with Crippen molar-refractivity contribution in [3.63, 3.8) is 0 Å². The van der Waals surface area contributed by atoms with Crippen molar-refractivity contribution in [1.29, 1.82) is 0 Å². The van der Waals surface area contributed by atoms with E-state index in [9.17, 15) is 4.79 Å². The number of allylic oxidation sites excluding steroid dienone is 2. The van der Waals surface area contributed by atoms with Crippen LogP contribution in [0, 0.1) is 5.41 Å². The van der Waals surface area contributed by atoms with Gasteiger partial charge in [0.25, 0.3) is 0 Å². The van der Waals surface area contributed by atoms with Crippen LogP contribution in [0.25, 0.3) is 0 Å². The van der Waals surface area contributed by atoms with Crippen molar-refractivity contribution in [3.05, 3.63) is 30.3 Å². The van der Waals surface area contributed by atoms with Crippen LogP contribution < -0.4 is 0 Å². The van der Waals surface area contributed by atoms with Gasteiger partial charge in [-0.25, -0.2) is 4.79 Å². The maximum Gasteiger partial charge on any atom is 0.439 e. The number of unbranched alkanes of at least 4 members (excludes halogenated alkanes) is 1. The zero-order valence-electron chi connectivity index (χ0n) is 15.2. The molecule has 0 fully saturated rings. The van der Waals surface area contributed by atoms with Crippen LogP contribution in [0.15, 0.2) is 30.3 Å². The van der Waals surface area contributed by atoms with E-state index in [1.54, 1.807) is 18.5 Å². The Hall–Kier alpha value is -1.71. The molecule has 0 unspecified atom stereocenters. The topological polar surface area (TPSA) is 119 Å². The molecule has 0 amide bonds. The number of rotatable bonds is 6. The summed E-state index contributed by atoms with van der Waals surface area (Å²) in [4.78, 5) is 11.8. The standard InChI is InChI=1S/C16H26N2O2.H2O4S/c1-5-9-14(10-6-7-11-16(2,3)4)20-15(19)18-13-8-12-17-18;1-5(2,3)4/h8-9,12-13H,5-7,10-11H2,1-4H3;(H2,1,2,3,4). The van der Waals surface area contributed by atoms with Crippen molar-refractivity contribution in [2.45, 2.75) is 59.8 Å². The van der Waals surface area contributed by atoms with Crippen molar-refractivity contribution in [3.8, 4) is 0 Å². The van der Waals surface area contributed by atoms with Gasteiger partial charge >= 0.3 is 16.5 Å². The molecule has 1 rings (SSSR count). The maximum absolute atomic E-state index is 11.8. The SMILES string of the molecule is CCC=C(CCCCC(C)(C)C)OC(=O)n1cccn1.O=S(=O)(O)O. The third-order valence-corrected chi connectivity index (χ3v) is 2.94. The Morgan fingerprint density at radius 3 is 2.32 bits per heavy atom. The summed E-state index contributed by atoms with van der Waals surface area (Å²) in [6.07, 6.45) is 9.71. The highest BCUT2D eigenvalue weighted by Gasteiger charge is 2.12. The number of carbonyl (C=O) groups is 1. The molecule has 0 saturated carbocycles. The minimum Gasteiger partial charge on any atom is -0.414 e. The van der Waals surface area contributed by atoms with Crippen LogP contribution in [0.5, 0.6) is 0 Å². The van der Waals surface area contributed by atoms with Gasteiger partial charge in [-0.15, -0.1) is 0 Å². The number of aromatic nitrogens is 2. The smallest absolute Gasteiger partial charge is 0.414 e. The third kappa shape index (κ3) is 15.6. The van der Waals surface area contributed by atoms with Gasteiger partial charge in [0.15, 0.2) is 0 Å². The number of hydrogen-bond acceptors (Lipinski definition) is 5. The second kappa shape index (κ2) is 11.0. The van der Waals surface area contributed by atoms with Crippen LogP contribution in [-0.4, -0.2) is 33.4 Å². The zero-order chi connectivity index (χ0) is 19.5. The lowest BCUT2D eigenvalue weighted by atomic mass is 9.89. The average molecular weight is 376 g/mol. The molecule has 0 aliphatic carbocycles. The van der Waals surface area contributed by atoms with Crippen LogP contribution in [0.4, 0.5) is 4.79 Å². The molecule has 8 nitrogen and oxygen atoms in total. The molecule has 0 atom stereocenters. The van der Waals surface area contributed by atoms with E-state index in [4.69, 9.17) is 22.3 Å². The maximum atomic E-state index is 11.8. The predicted molar refractivity (Wildman–Crippen MR) is 94.6 cm³/mol. The van der Waals surface area contributed by atoms with Gasteiger partial charge in [-0.1, -0.05) is 34.1 Å². The molecule has 1 aromatic rings. The average Bonchev–Trinajstić information content (AvgIpc) is 2.95. The Bertz CT molecular complexity index is 622. The first-order valence-corrected chi connectivity index (χ1v) is 9.43. The molecule has 0 aliphatic rings. The number of carbonyl (C=O) groups excluding carboxylic acids is 1. The van der Waals surface area contributed by atoms with Gasteiger partial charge in [0.2, 0.25) is 0 Å². The molecule has 1 heterocycles. The summed E-state index contributed by atoms with van der Waals surface area (Å²) in [5.74, 6) is 0.752. The molecule has 0 saturated heterocycles.